The zero-order chi connectivity index (χ0) is 14.5. The minimum Gasteiger partial charge on any atom is -0.383 e. The van der Waals surface area contributed by atoms with Crippen LogP contribution in [0.5, 0.6) is 0 Å². The van der Waals surface area contributed by atoms with Gasteiger partial charge in [-0.05, 0) is 31.4 Å². The average molecular weight is 289 g/mol. The van der Waals surface area contributed by atoms with Gasteiger partial charge in [0, 0.05) is 26.2 Å². The minimum absolute atomic E-state index is 0.0715. The van der Waals surface area contributed by atoms with Gasteiger partial charge in [0.15, 0.2) is 0 Å². The molecule has 0 saturated carbocycles. The van der Waals surface area contributed by atoms with Crippen LogP contribution >= 0.6 is 0 Å². The first-order chi connectivity index (χ1) is 10.3. The van der Waals surface area contributed by atoms with Crippen molar-refractivity contribution >= 4 is 17.3 Å². The highest BCUT2D eigenvalue weighted by Gasteiger charge is 2.19. The molecule has 1 unspecified atom stereocenters. The van der Waals surface area contributed by atoms with E-state index in [1.807, 2.05) is 12.1 Å². The number of para-hydroxylation sites is 2. The topological polar surface area (TPSA) is 53.6 Å². The van der Waals surface area contributed by atoms with Crippen LogP contribution in [0.4, 0.5) is 11.4 Å². The Bertz CT molecular complexity index is 486. The molecule has 2 N–H and O–H groups in total. The highest BCUT2D eigenvalue weighted by Crippen LogP contribution is 2.27. The van der Waals surface area contributed by atoms with Gasteiger partial charge in [0.05, 0.1) is 24.0 Å². The maximum atomic E-state index is 12.2. The van der Waals surface area contributed by atoms with Crippen LogP contribution in [0.25, 0.3) is 0 Å². The van der Waals surface area contributed by atoms with Crippen molar-refractivity contribution in [2.75, 3.05) is 43.0 Å². The molecule has 1 atom stereocenters. The summed E-state index contributed by atoms with van der Waals surface area (Å²) in [5.41, 5.74) is 2.23. The number of carbonyl (C=O) groups excluding carboxylic acids is 1. The molecular weight excluding hydrogens is 266 g/mol. The number of hydrogen-bond acceptors (Lipinski definition) is 4. The van der Waals surface area contributed by atoms with Gasteiger partial charge in [-0.1, -0.05) is 12.1 Å². The van der Waals surface area contributed by atoms with E-state index >= 15 is 0 Å². The van der Waals surface area contributed by atoms with E-state index in [2.05, 4.69) is 27.7 Å². The molecule has 114 valence electrons. The Kier molecular flexibility index (Phi) is 4.60. The van der Waals surface area contributed by atoms with Gasteiger partial charge in [-0.3, -0.25) is 4.79 Å². The van der Waals surface area contributed by atoms with Gasteiger partial charge < -0.3 is 20.3 Å². The second-order valence-electron chi connectivity index (χ2n) is 5.66. The van der Waals surface area contributed by atoms with Crippen LogP contribution in [-0.4, -0.2) is 44.8 Å². The zero-order valence-electron chi connectivity index (χ0n) is 12.3. The van der Waals surface area contributed by atoms with Crippen molar-refractivity contribution in [2.24, 2.45) is 0 Å². The van der Waals surface area contributed by atoms with Gasteiger partial charge in [0.1, 0.15) is 0 Å². The smallest absolute Gasteiger partial charge is 0.239 e. The average Bonchev–Trinajstić information content (AvgIpc) is 2.94. The normalized spacial score (nSPS) is 21.3. The second-order valence-corrected chi connectivity index (χ2v) is 5.66. The van der Waals surface area contributed by atoms with Crippen LogP contribution in [-0.2, 0) is 9.53 Å². The van der Waals surface area contributed by atoms with E-state index in [-0.39, 0.29) is 12.0 Å². The molecule has 0 bridgehead atoms. The van der Waals surface area contributed by atoms with E-state index in [1.54, 1.807) is 0 Å². The number of nitrogens with one attached hydrogen (secondary N) is 2. The van der Waals surface area contributed by atoms with Crippen molar-refractivity contribution in [3.63, 3.8) is 0 Å². The Hall–Kier alpha value is -1.75. The molecular formula is C16H23N3O2. The van der Waals surface area contributed by atoms with E-state index in [1.165, 1.54) is 0 Å². The fraction of sp³-hybridized carbons (Fsp3) is 0.562. The number of hydrogen-bond donors (Lipinski definition) is 2. The first-order valence-corrected chi connectivity index (χ1v) is 7.79. The lowest BCUT2D eigenvalue weighted by Gasteiger charge is -2.24. The summed E-state index contributed by atoms with van der Waals surface area (Å²) in [5, 5.41) is 6.41. The van der Waals surface area contributed by atoms with Crippen molar-refractivity contribution in [1.29, 1.82) is 0 Å². The number of nitrogens with zero attached hydrogens (tertiary/aromatic N) is 1. The molecule has 2 aliphatic rings. The van der Waals surface area contributed by atoms with Crippen LogP contribution in [0.3, 0.4) is 0 Å². The standard InChI is InChI=1S/C16H23N3O2/c20-16(18-11-13-5-3-10-21-13)12-19-9-4-8-17-14-6-1-2-7-15(14)19/h1-2,6-7,13,17H,3-5,8-12H2,(H,18,20). The number of benzene rings is 1. The summed E-state index contributed by atoms with van der Waals surface area (Å²) in [6, 6.07) is 8.18. The van der Waals surface area contributed by atoms with E-state index in [0.717, 1.165) is 50.3 Å². The lowest BCUT2D eigenvalue weighted by atomic mass is 10.2. The molecule has 1 aromatic rings. The fourth-order valence-corrected chi connectivity index (χ4v) is 2.94. The maximum Gasteiger partial charge on any atom is 0.239 e. The third kappa shape index (κ3) is 3.67. The Morgan fingerprint density at radius 1 is 1.38 bits per heavy atom. The molecule has 0 radical (unpaired) electrons. The molecule has 5 heteroatoms. The van der Waals surface area contributed by atoms with Crippen LogP contribution < -0.4 is 15.5 Å². The van der Waals surface area contributed by atoms with Gasteiger partial charge >= 0.3 is 0 Å². The molecule has 2 heterocycles. The summed E-state index contributed by atoms with van der Waals surface area (Å²) >= 11 is 0. The van der Waals surface area contributed by atoms with Crippen molar-refractivity contribution in [3.8, 4) is 0 Å². The predicted molar refractivity (Wildman–Crippen MR) is 83.7 cm³/mol. The van der Waals surface area contributed by atoms with E-state index in [4.69, 9.17) is 4.74 Å². The van der Waals surface area contributed by atoms with Gasteiger partial charge in [0.25, 0.3) is 0 Å². The van der Waals surface area contributed by atoms with Gasteiger partial charge in [0.2, 0.25) is 5.91 Å². The molecule has 2 aliphatic heterocycles. The lowest BCUT2D eigenvalue weighted by molar-refractivity contribution is -0.120. The molecule has 1 amide bonds. The van der Waals surface area contributed by atoms with E-state index in [0.29, 0.717) is 13.1 Å². The quantitative estimate of drug-likeness (QED) is 0.884. The first kappa shape index (κ1) is 14.2. The first-order valence-electron chi connectivity index (χ1n) is 7.79. The van der Waals surface area contributed by atoms with Crippen molar-refractivity contribution < 1.29 is 9.53 Å². The summed E-state index contributed by atoms with van der Waals surface area (Å²) in [6.07, 6.45) is 3.39. The zero-order valence-corrected chi connectivity index (χ0v) is 12.3. The van der Waals surface area contributed by atoms with Crippen LogP contribution in [0, 0.1) is 0 Å². The Morgan fingerprint density at radius 2 is 2.29 bits per heavy atom. The lowest BCUT2D eigenvalue weighted by Crippen LogP contribution is -2.40. The number of rotatable bonds is 4. The Morgan fingerprint density at radius 3 is 3.14 bits per heavy atom. The largest absolute Gasteiger partial charge is 0.383 e. The summed E-state index contributed by atoms with van der Waals surface area (Å²) < 4.78 is 5.53. The van der Waals surface area contributed by atoms with Crippen molar-refractivity contribution in [3.05, 3.63) is 24.3 Å². The monoisotopic (exact) mass is 289 g/mol. The number of fused-ring (bicyclic) bond motifs is 1. The molecule has 21 heavy (non-hydrogen) atoms. The third-order valence-electron chi connectivity index (χ3n) is 4.05. The Labute approximate surface area is 125 Å². The summed E-state index contributed by atoms with van der Waals surface area (Å²) in [6.45, 7) is 3.71. The fourth-order valence-electron chi connectivity index (χ4n) is 2.94. The van der Waals surface area contributed by atoms with E-state index in [9.17, 15) is 4.79 Å². The molecule has 1 aromatic carbocycles. The third-order valence-corrected chi connectivity index (χ3v) is 4.05. The summed E-state index contributed by atoms with van der Waals surface area (Å²) in [5.74, 6) is 0.0715. The maximum absolute atomic E-state index is 12.2. The summed E-state index contributed by atoms with van der Waals surface area (Å²) in [7, 11) is 0. The molecule has 1 saturated heterocycles. The van der Waals surface area contributed by atoms with Crippen LogP contribution in [0.2, 0.25) is 0 Å². The van der Waals surface area contributed by atoms with Crippen molar-refractivity contribution in [1.82, 2.24) is 5.32 Å². The van der Waals surface area contributed by atoms with Crippen molar-refractivity contribution in [2.45, 2.75) is 25.4 Å². The van der Waals surface area contributed by atoms with Gasteiger partial charge in [-0.2, -0.15) is 0 Å². The highest BCUT2D eigenvalue weighted by atomic mass is 16.5. The molecule has 0 aliphatic carbocycles. The van der Waals surface area contributed by atoms with Gasteiger partial charge in [-0.25, -0.2) is 0 Å². The Balaban J connectivity index is 1.57. The molecule has 5 nitrogen and oxygen atoms in total. The number of carbonyl (C=O) groups is 1. The minimum atomic E-state index is 0.0715. The number of ether oxygens (including phenoxy) is 1. The second kappa shape index (κ2) is 6.80. The number of amides is 1. The van der Waals surface area contributed by atoms with E-state index < -0.39 is 0 Å². The predicted octanol–water partition coefficient (Wildman–Crippen LogP) is 1.60. The van der Waals surface area contributed by atoms with Crippen LogP contribution in [0.1, 0.15) is 19.3 Å². The molecule has 1 fully saturated rings. The van der Waals surface area contributed by atoms with Gasteiger partial charge in [-0.15, -0.1) is 0 Å². The molecule has 0 spiro atoms. The van der Waals surface area contributed by atoms with Crippen LogP contribution in [0.15, 0.2) is 24.3 Å². The summed E-state index contributed by atoms with van der Waals surface area (Å²) in [4.78, 5) is 14.3. The number of anilines is 2. The molecule has 3 rings (SSSR count). The SMILES string of the molecule is O=C(CN1CCCNc2ccccc21)NCC1CCCO1. The highest BCUT2D eigenvalue weighted by molar-refractivity contribution is 5.83. The molecule has 0 aromatic heterocycles.